The van der Waals surface area contributed by atoms with Gasteiger partial charge in [0, 0.05) is 41.3 Å². The first kappa shape index (κ1) is 21.9. The highest BCUT2D eigenvalue weighted by molar-refractivity contribution is 6.32. The molecule has 4 rings (SSSR count). The zero-order chi connectivity index (χ0) is 22.7. The van der Waals surface area contributed by atoms with Crippen LogP contribution in [0.1, 0.15) is 71.8 Å². The van der Waals surface area contributed by atoms with Crippen molar-refractivity contribution < 1.29 is 19.4 Å². The van der Waals surface area contributed by atoms with E-state index in [9.17, 15) is 14.7 Å². The Labute approximate surface area is 188 Å². The van der Waals surface area contributed by atoms with E-state index >= 15 is 0 Å². The lowest BCUT2D eigenvalue weighted by Crippen LogP contribution is -2.42. The monoisotopic (exact) mass is 443 g/mol. The minimum atomic E-state index is -0.504. The molecular formula is C25H30ClNO4. The Kier molecular flexibility index (Phi) is 5.24. The van der Waals surface area contributed by atoms with E-state index < -0.39 is 5.92 Å². The quantitative estimate of drug-likeness (QED) is 0.652. The van der Waals surface area contributed by atoms with Gasteiger partial charge in [0.1, 0.15) is 0 Å². The summed E-state index contributed by atoms with van der Waals surface area (Å²) in [5, 5.41) is 14.0. The van der Waals surface area contributed by atoms with E-state index in [4.69, 9.17) is 16.3 Å². The number of carbonyl (C=O) groups excluding carboxylic acids is 2. The van der Waals surface area contributed by atoms with Crippen LogP contribution < -0.4 is 10.1 Å². The molecule has 0 unspecified atom stereocenters. The molecule has 0 spiro atoms. The molecule has 0 bridgehead atoms. The van der Waals surface area contributed by atoms with Crippen LogP contribution in [-0.4, -0.2) is 23.3 Å². The predicted molar refractivity (Wildman–Crippen MR) is 120 cm³/mol. The fourth-order valence-corrected chi connectivity index (χ4v) is 5.47. The molecule has 0 fully saturated rings. The number of hydrogen-bond donors (Lipinski definition) is 2. The third-order valence-electron chi connectivity index (χ3n) is 6.40. The molecule has 0 saturated heterocycles. The SMILES string of the molecule is CCOc1cc(C2C3=C(CC(C)(C)CC3=O)NC3=C2C(=O)CC(C)(C)C3)cc(Cl)c1O. The molecule has 6 heteroatoms. The summed E-state index contributed by atoms with van der Waals surface area (Å²) in [6.45, 7) is 10.6. The standard InChI is InChI=1S/C25H30ClNO4/c1-6-31-19-8-13(7-14(26)23(19)30)20-21-15(9-24(2,3)11-17(21)28)27-16-10-25(4,5)12-18(29)22(16)20/h7-8,20,27,30H,6,9-12H2,1-5H3. The van der Waals surface area contributed by atoms with E-state index in [1.165, 1.54) is 0 Å². The fraction of sp³-hybridized carbons (Fsp3) is 0.520. The van der Waals surface area contributed by atoms with Crippen molar-refractivity contribution in [2.24, 2.45) is 10.8 Å². The van der Waals surface area contributed by atoms with Gasteiger partial charge in [0.25, 0.3) is 0 Å². The molecule has 1 aromatic rings. The molecule has 2 aliphatic carbocycles. The molecule has 0 atom stereocenters. The van der Waals surface area contributed by atoms with Crippen molar-refractivity contribution in [1.82, 2.24) is 5.32 Å². The number of carbonyl (C=O) groups is 2. The van der Waals surface area contributed by atoms with Crippen LogP contribution in [0.15, 0.2) is 34.7 Å². The van der Waals surface area contributed by atoms with Crippen molar-refractivity contribution in [2.45, 2.75) is 66.2 Å². The number of phenols is 1. The zero-order valence-corrected chi connectivity index (χ0v) is 19.6. The van der Waals surface area contributed by atoms with Crippen LogP contribution in [0.5, 0.6) is 11.5 Å². The van der Waals surface area contributed by atoms with Gasteiger partial charge in [0.2, 0.25) is 0 Å². The van der Waals surface area contributed by atoms with Crippen molar-refractivity contribution in [3.05, 3.63) is 45.3 Å². The van der Waals surface area contributed by atoms with Gasteiger partial charge in [-0.05, 0) is 48.3 Å². The lowest BCUT2D eigenvalue weighted by atomic mass is 9.64. The van der Waals surface area contributed by atoms with Crippen LogP contribution in [-0.2, 0) is 9.59 Å². The van der Waals surface area contributed by atoms with Crippen LogP contribution in [0.3, 0.4) is 0 Å². The molecular weight excluding hydrogens is 414 g/mol. The molecule has 0 aromatic heterocycles. The molecule has 1 aliphatic heterocycles. The summed E-state index contributed by atoms with van der Waals surface area (Å²) in [7, 11) is 0. The highest BCUT2D eigenvalue weighted by Crippen LogP contribution is 2.52. The topological polar surface area (TPSA) is 75.6 Å². The van der Waals surface area contributed by atoms with Gasteiger partial charge in [-0.1, -0.05) is 39.3 Å². The van der Waals surface area contributed by atoms with Crippen LogP contribution in [0, 0.1) is 10.8 Å². The second-order valence-electron chi connectivity index (χ2n) is 10.5. The molecule has 31 heavy (non-hydrogen) atoms. The number of benzene rings is 1. The highest BCUT2D eigenvalue weighted by Gasteiger charge is 2.46. The second-order valence-corrected chi connectivity index (χ2v) is 10.9. The number of halogens is 1. The number of hydrogen-bond acceptors (Lipinski definition) is 5. The molecule has 3 aliphatic rings. The van der Waals surface area contributed by atoms with Crippen molar-refractivity contribution in [1.29, 1.82) is 0 Å². The molecule has 5 nitrogen and oxygen atoms in total. The smallest absolute Gasteiger partial charge is 0.176 e. The second kappa shape index (κ2) is 7.40. The van der Waals surface area contributed by atoms with E-state index in [2.05, 4.69) is 33.0 Å². The molecule has 0 radical (unpaired) electrons. The van der Waals surface area contributed by atoms with Gasteiger partial charge in [0.15, 0.2) is 23.1 Å². The van der Waals surface area contributed by atoms with Crippen molar-refractivity contribution in [3.8, 4) is 11.5 Å². The van der Waals surface area contributed by atoms with Gasteiger partial charge in [-0.25, -0.2) is 0 Å². The zero-order valence-electron chi connectivity index (χ0n) is 18.8. The van der Waals surface area contributed by atoms with E-state index in [0.717, 1.165) is 24.2 Å². The van der Waals surface area contributed by atoms with E-state index in [1.807, 2.05) is 6.92 Å². The summed E-state index contributed by atoms with van der Waals surface area (Å²) in [6.07, 6.45) is 2.33. The maximum Gasteiger partial charge on any atom is 0.176 e. The summed E-state index contributed by atoms with van der Waals surface area (Å²) in [5.74, 6) is -0.266. The average Bonchev–Trinajstić information content (AvgIpc) is 2.61. The Morgan fingerprint density at radius 1 is 1.00 bits per heavy atom. The number of phenolic OH excluding ortho intramolecular Hbond substituents is 1. The van der Waals surface area contributed by atoms with Crippen LogP contribution in [0.4, 0.5) is 0 Å². The fourth-order valence-electron chi connectivity index (χ4n) is 5.25. The van der Waals surface area contributed by atoms with Crippen molar-refractivity contribution in [2.75, 3.05) is 6.61 Å². The normalized spacial score (nSPS) is 22.8. The summed E-state index contributed by atoms with van der Waals surface area (Å²) < 4.78 is 5.59. The molecule has 2 N–H and O–H groups in total. The Bertz CT molecular complexity index is 996. The van der Waals surface area contributed by atoms with Crippen LogP contribution >= 0.6 is 11.6 Å². The number of aromatic hydroxyl groups is 1. The number of dihydropyridines is 1. The van der Waals surface area contributed by atoms with Gasteiger partial charge in [-0.15, -0.1) is 0 Å². The van der Waals surface area contributed by atoms with E-state index in [-0.39, 0.29) is 38.9 Å². The maximum absolute atomic E-state index is 13.4. The largest absolute Gasteiger partial charge is 0.503 e. The minimum absolute atomic E-state index is 0.0510. The minimum Gasteiger partial charge on any atom is -0.503 e. The first-order chi connectivity index (χ1) is 14.4. The maximum atomic E-state index is 13.4. The third kappa shape index (κ3) is 3.89. The number of ketones is 2. The average molecular weight is 444 g/mol. The summed E-state index contributed by atoms with van der Waals surface area (Å²) >= 11 is 6.34. The molecule has 166 valence electrons. The third-order valence-corrected chi connectivity index (χ3v) is 6.69. The number of nitrogens with one attached hydrogen (secondary N) is 1. The number of allylic oxidation sites excluding steroid dienone is 4. The van der Waals surface area contributed by atoms with Crippen LogP contribution in [0.25, 0.3) is 0 Å². The number of rotatable bonds is 3. The summed E-state index contributed by atoms with van der Waals surface area (Å²) in [6, 6.07) is 3.38. The Morgan fingerprint density at radius 2 is 1.52 bits per heavy atom. The van der Waals surface area contributed by atoms with Gasteiger partial charge in [-0.2, -0.15) is 0 Å². The van der Waals surface area contributed by atoms with Gasteiger partial charge in [-0.3, -0.25) is 9.59 Å². The number of ether oxygens (including phenoxy) is 1. The highest BCUT2D eigenvalue weighted by atomic mass is 35.5. The van der Waals surface area contributed by atoms with Gasteiger partial charge < -0.3 is 15.2 Å². The van der Waals surface area contributed by atoms with Gasteiger partial charge >= 0.3 is 0 Å². The molecule has 1 aromatic carbocycles. The lowest BCUT2D eigenvalue weighted by molar-refractivity contribution is -0.119. The van der Waals surface area contributed by atoms with Crippen LogP contribution in [0.2, 0.25) is 5.02 Å². The molecule has 1 heterocycles. The predicted octanol–water partition coefficient (Wildman–Crippen LogP) is 5.42. The Hall–Kier alpha value is -2.27. The first-order valence-electron chi connectivity index (χ1n) is 10.9. The molecule has 0 saturated carbocycles. The van der Waals surface area contributed by atoms with Gasteiger partial charge in [0.05, 0.1) is 11.6 Å². The van der Waals surface area contributed by atoms with E-state index in [0.29, 0.717) is 36.2 Å². The summed E-state index contributed by atoms with van der Waals surface area (Å²) in [5.41, 5.74) is 3.50. The first-order valence-corrected chi connectivity index (χ1v) is 11.2. The number of Topliss-reactive ketones (excluding diaryl/α,β-unsaturated/α-hetero) is 2. The lowest BCUT2D eigenvalue weighted by Gasteiger charge is -2.44. The van der Waals surface area contributed by atoms with Crippen molar-refractivity contribution >= 4 is 23.2 Å². The summed E-state index contributed by atoms with van der Waals surface area (Å²) in [4.78, 5) is 26.7. The molecule has 0 amide bonds. The van der Waals surface area contributed by atoms with Crippen molar-refractivity contribution in [3.63, 3.8) is 0 Å². The Balaban J connectivity index is 1.94. The van der Waals surface area contributed by atoms with E-state index in [1.54, 1.807) is 12.1 Å². The Morgan fingerprint density at radius 3 is 2.00 bits per heavy atom.